The van der Waals surface area contributed by atoms with Crippen molar-refractivity contribution in [2.75, 3.05) is 0 Å². The normalized spacial score (nSPS) is 10.5. The summed E-state index contributed by atoms with van der Waals surface area (Å²) in [6, 6.07) is 16.8. The first-order valence-electron chi connectivity index (χ1n) is 8.05. The Morgan fingerprint density at radius 1 is 0.852 bits per heavy atom. The molecule has 6 nitrogen and oxygen atoms in total. The van der Waals surface area contributed by atoms with Gasteiger partial charge in [0.15, 0.2) is 0 Å². The Morgan fingerprint density at radius 2 is 1.59 bits per heavy atom. The molecule has 4 rings (SSSR count). The average molecular weight is 394 g/mol. The van der Waals surface area contributed by atoms with Gasteiger partial charge in [-0.3, -0.25) is 20.4 Å². The maximum absolute atomic E-state index is 12.7. The number of hydrogen-bond donors (Lipinski definition) is 2. The van der Waals surface area contributed by atoms with Gasteiger partial charge in [-0.1, -0.05) is 30.3 Å². The Balaban J connectivity index is 1.61. The number of carbonyl (C=O) groups is 2. The summed E-state index contributed by atoms with van der Waals surface area (Å²) in [5.41, 5.74) is 6.71. The fourth-order valence-electron chi connectivity index (χ4n) is 2.50. The zero-order valence-corrected chi connectivity index (χ0v) is 15.6. The molecule has 0 saturated heterocycles. The number of rotatable bonds is 4. The molecule has 0 aliphatic rings. The number of nitrogens with one attached hydrogen (secondary N) is 2. The van der Waals surface area contributed by atoms with E-state index in [1.807, 2.05) is 47.8 Å². The third-order valence-electron chi connectivity index (χ3n) is 3.77. The van der Waals surface area contributed by atoms with Gasteiger partial charge in [0.2, 0.25) is 0 Å². The highest BCUT2D eigenvalue weighted by molar-refractivity contribution is 7.13. The molecule has 27 heavy (non-hydrogen) atoms. The van der Waals surface area contributed by atoms with Gasteiger partial charge in [-0.05, 0) is 35.0 Å². The number of aromatic nitrogens is 2. The van der Waals surface area contributed by atoms with Crippen LogP contribution in [0, 0.1) is 0 Å². The highest BCUT2D eigenvalue weighted by Gasteiger charge is 2.20. The molecule has 0 fully saturated rings. The van der Waals surface area contributed by atoms with E-state index in [0.29, 0.717) is 16.1 Å². The molecule has 0 aliphatic carbocycles. The largest absolute Gasteiger partial charge is 0.279 e. The second-order valence-electron chi connectivity index (χ2n) is 5.53. The van der Waals surface area contributed by atoms with E-state index < -0.39 is 5.91 Å². The Bertz CT molecular complexity index is 1050. The lowest BCUT2D eigenvalue weighted by atomic mass is 10.2. The van der Waals surface area contributed by atoms with Crippen molar-refractivity contribution in [3.8, 4) is 16.3 Å². The zero-order valence-electron chi connectivity index (χ0n) is 14.0. The van der Waals surface area contributed by atoms with Crippen LogP contribution in [0.25, 0.3) is 16.3 Å². The van der Waals surface area contributed by atoms with Crippen molar-refractivity contribution in [3.63, 3.8) is 0 Å². The third-order valence-corrected chi connectivity index (χ3v) is 5.51. The maximum Gasteiger partial charge on any atom is 0.279 e. The minimum Gasteiger partial charge on any atom is -0.267 e. The summed E-state index contributed by atoms with van der Waals surface area (Å²) in [5.74, 6) is -0.781. The van der Waals surface area contributed by atoms with E-state index in [2.05, 4.69) is 16.0 Å². The van der Waals surface area contributed by atoms with Crippen LogP contribution in [0.5, 0.6) is 0 Å². The van der Waals surface area contributed by atoms with Gasteiger partial charge in [0.25, 0.3) is 11.8 Å². The molecule has 0 unspecified atom stereocenters. The number of benzene rings is 1. The van der Waals surface area contributed by atoms with Crippen molar-refractivity contribution in [1.82, 2.24) is 20.6 Å². The van der Waals surface area contributed by atoms with Crippen LogP contribution >= 0.6 is 22.7 Å². The molecular formula is C19H14N4O2S2. The Kier molecular flexibility index (Phi) is 4.82. The van der Waals surface area contributed by atoms with Gasteiger partial charge in [0.05, 0.1) is 21.0 Å². The summed E-state index contributed by atoms with van der Waals surface area (Å²) in [6.45, 7) is 0. The van der Waals surface area contributed by atoms with E-state index in [1.165, 1.54) is 22.7 Å². The predicted molar refractivity (Wildman–Crippen MR) is 106 cm³/mol. The highest BCUT2D eigenvalue weighted by Crippen LogP contribution is 2.27. The highest BCUT2D eigenvalue weighted by atomic mass is 32.1. The molecule has 0 saturated carbocycles. The monoisotopic (exact) mass is 394 g/mol. The van der Waals surface area contributed by atoms with Gasteiger partial charge >= 0.3 is 0 Å². The number of hydrazine groups is 1. The van der Waals surface area contributed by atoms with E-state index in [4.69, 9.17) is 0 Å². The van der Waals surface area contributed by atoms with Crippen LogP contribution in [0.3, 0.4) is 0 Å². The maximum atomic E-state index is 12.7. The van der Waals surface area contributed by atoms with E-state index in [1.54, 1.807) is 28.4 Å². The topological polar surface area (TPSA) is 76.0 Å². The zero-order chi connectivity index (χ0) is 18.6. The Labute approximate surface area is 163 Å². The summed E-state index contributed by atoms with van der Waals surface area (Å²) in [7, 11) is 0. The molecule has 134 valence electrons. The molecule has 4 aromatic rings. The van der Waals surface area contributed by atoms with Crippen LogP contribution in [0.1, 0.15) is 20.0 Å². The first-order chi connectivity index (χ1) is 13.2. The SMILES string of the molecule is O=C(NNC(=O)c1cn(-c2ccccc2)nc1-c1cccs1)c1cccs1. The molecule has 8 heteroatoms. The van der Waals surface area contributed by atoms with Crippen molar-refractivity contribution in [3.05, 3.63) is 82.0 Å². The summed E-state index contributed by atoms with van der Waals surface area (Å²) in [4.78, 5) is 26.2. The Morgan fingerprint density at radius 3 is 2.30 bits per heavy atom. The molecule has 2 amide bonds. The number of nitrogens with zero attached hydrogens (tertiary/aromatic N) is 2. The second-order valence-corrected chi connectivity index (χ2v) is 7.43. The summed E-state index contributed by atoms with van der Waals surface area (Å²) < 4.78 is 1.66. The lowest BCUT2D eigenvalue weighted by Crippen LogP contribution is -2.41. The molecule has 0 bridgehead atoms. The molecule has 1 aromatic carbocycles. The summed E-state index contributed by atoms with van der Waals surface area (Å²) >= 11 is 2.80. The summed E-state index contributed by atoms with van der Waals surface area (Å²) in [5, 5.41) is 8.31. The van der Waals surface area contributed by atoms with Crippen molar-refractivity contribution in [2.24, 2.45) is 0 Å². The van der Waals surface area contributed by atoms with Crippen molar-refractivity contribution < 1.29 is 9.59 Å². The van der Waals surface area contributed by atoms with Gasteiger partial charge in [0.1, 0.15) is 5.69 Å². The number of hydrogen-bond acceptors (Lipinski definition) is 5. The van der Waals surface area contributed by atoms with Gasteiger partial charge in [-0.15, -0.1) is 22.7 Å². The van der Waals surface area contributed by atoms with Crippen LogP contribution in [0.4, 0.5) is 0 Å². The van der Waals surface area contributed by atoms with Gasteiger partial charge in [0, 0.05) is 6.20 Å². The molecule has 0 radical (unpaired) electrons. The van der Waals surface area contributed by atoms with Crippen molar-refractivity contribution in [1.29, 1.82) is 0 Å². The quantitative estimate of drug-likeness (QED) is 0.518. The fourth-order valence-corrected chi connectivity index (χ4v) is 3.84. The fraction of sp³-hybridized carbons (Fsp3) is 0. The standard InChI is InChI=1S/C19H14N4O2S2/c24-18(20-21-19(25)16-9-5-11-27-16)14-12-23(13-6-2-1-3-7-13)22-17(14)15-8-4-10-26-15/h1-12H,(H,20,24)(H,21,25). The molecule has 0 atom stereocenters. The summed E-state index contributed by atoms with van der Waals surface area (Å²) in [6.07, 6.45) is 1.66. The van der Waals surface area contributed by atoms with Crippen LogP contribution in [-0.2, 0) is 0 Å². The van der Waals surface area contributed by atoms with Crippen LogP contribution in [-0.4, -0.2) is 21.6 Å². The number of carbonyl (C=O) groups excluding carboxylic acids is 2. The third kappa shape index (κ3) is 3.67. The Hall–Kier alpha value is -3.23. The molecular weight excluding hydrogens is 380 g/mol. The van der Waals surface area contributed by atoms with Crippen molar-refractivity contribution in [2.45, 2.75) is 0 Å². The lowest BCUT2D eigenvalue weighted by molar-refractivity contribution is 0.0849. The van der Waals surface area contributed by atoms with Gasteiger partial charge < -0.3 is 0 Å². The van der Waals surface area contributed by atoms with E-state index in [9.17, 15) is 9.59 Å². The molecule has 2 N–H and O–H groups in total. The molecule has 3 heterocycles. The van der Waals surface area contributed by atoms with Crippen LogP contribution in [0.15, 0.2) is 71.6 Å². The first-order valence-corrected chi connectivity index (χ1v) is 9.81. The smallest absolute Gasteiger partial charge is 0.267 e. The molecule has 0 spiro atoms. The van der Waals surface area contributed by atoms with Gasteiger partial charge in [-0.25, -0.2) is 4.68 Å². The lowest BCUT2D eigenvalue weighted by Gasteiger charge is -2.05. The second kappa shape index (κ2) is 7.56. The average Bonchev–Trinajstić information content (AvgIpc) is 3.47. The number of amides is 2. The van der Waals surface area contributed by atoms with Gasteiger partial charge in [-0.2, -0.15) is 5.10 Å². The molecule has 0 aliphatic heterocycles. The van der Waals surface area contributed by atoms with Crippen LogP contribution < -0.4 is 10.9 Å². The first kappa shape index (κ1) is 17.2. The predicted octanol–water partition coefficient (Wildman–Crippen LogP) is 3.74. The van der Waals surface area contributed by atoms with Crippen molar-refractivity contribution >= 4 is 34.5 Å². The molecule has 3 aromatic heterocycles. The number of para-hydroxylation sites is 1. The number of thiophene rings is 2. The van der Waals surface area contributed by atoms with E-state index in [0.717, 1.165) is 10.6 Å². The minimum atomic E-state index is -0.425. The van der Waals surface area contributed by atoms with E-state index >= 15 is 0 Å². The van der Waals surface area contributed by atoms with Crippen LogP contribution in [0.2, 0.25) is 0 Å². The minimum absolute atomic E-state index is 0.355. The van der Waals surface area contributed by atoms with E-state index in [-0.39, 0.29) is 5.91 Å².